The first-order chi connectivity index (χ1) is 8.61. The van der Waals surface area contributed by atoms with Gasteiger partial charge in [-0.05, 0) is 25.1 Å². The second-order valence-corrected chi connectivity index (χ2v) is 5.23. The lowest BCUT2D eigenvalue weighted by molar-refractivity contribution is -0.0257. The van der Waals surface area contributed by atoms with Crippen LogP contribution in [0.25, 0.3) is 0 Å². The van der Waals surface area contributed by atoms with Gasteiger partial charge in [0.15, 0.2) is 0 Å². The molecule has 4 nitrogen and oxygen atoms in total. The summed E-state index contributed by atoms with van der Waals surface area (Å²) >= 11 is 1.57. The fourth-order valence-corrected chi connectivity index (χ4v) is 2.28. The van der Waals surface area contributed by atoms with Crippen molar-refractivity contribution in [2.24, 2.45) is 0 Å². The van der Waals surface area contributed by atoms with Crippen molar-refractivity contribution < 1.29 is 14.6 Å². The number of nitrogen functional groups attached to an aromatic ring is 1. The summed E-state index contributed by atoms with van der Waals surface area (Å²) in [6.07, 6.45) is -0.488. The summed E-state index contributed by atoms with van der Waals surface area (Å²) in [7, 11) is 1.63. The van der Waals surface area contributed by atoms with Gasteiger partial charge in [0.25, 0.3) is 0 Å². The zero-order valence-electron chi connectivity index (χ0n) is 10.8. The molecule has 0 saturated carbocycles. The maximum atomic E-state index is 9.78. The Bertz CT molecular complexity index is 349. The number of hydrogen-bond acceptors (Lipinski definition) is 5. The maximum absolute atomic E-state index is 9.78. The molecule has 5 heteroatoms. The van der Waals surface area contributed by atoms with Crippen molar-refractivity contribution in [1.29, 1.82) is 0 Å². The van der Waals surface area contributed by atoms with Gasteiger partial charge < -0.3 is 20.3 Å². The number of anilines is 1. The molecule has 0 heterocycles. The molecule has 2 unspecified atom stereocenters. The molecule has 0 amide bonds. The van der Waals surface area contributed by atoms with Crippen LogP contribution in [-0.4, -0.2) is 43.4 Å². The highest BCUT2D eigenvalue weighted by molar-refractivity contribution is 7.99. The number of aliphatic hydroxyl groups is 1. The van der Waals surface area contributed by atoms with Crippen molar-refractivity contribution in [3.05, 3.63) is 24.3 Å². The zero-order valence-corrected chi connectivity index (χ0v) is 11.7. The second-order valence-electron chi connectivity index (χ2n) is 4.14. The summed E-state index contributed by atoms with van der Waals surface area (Å²) in [4.78, 5) is 1.05. The smallest absolute Gasteiger partial charge is 0.0867 e. The highest BCUT2D eigenvalue weighted by Gasteiger charge is 2.08. The van der Waals surface area contributed by atoms with Gasteiger partial charge in [-0.3, -0.25) is 0 Å². The van der Waals surface area contributed by atoms with E-state index in [1.54, 1.807) is 18.9 Å². The summed E-state index contributed by atoms with van der Waals surface area (Å²) < 4.78 is 10.4. The molecular weight excluding hydrogens is 250 g/mol. The lowest BCUT2D eigenvalue weighted by Gasteiger charge is -2.15. The van der Waals surface area contributed by atoms with Gasteiger partial charge in [0.2, 0.25) is 0 Å². The summed E-state index contributed by atoms with van der Waals surface area (Å²) in [5.41, 5.74) is 6.42. The van der Waals surface area contributed by atoms with E-state index in [-0.39, 0.29) is 6.10 Å². The molecule has 0 saturated heterocycles. The molecule has 0 fully saturated rings. The Labute approximate surface area is 112 Å². The van der Waals surface area contributed by atoms with Crippen LogP contribution in [0, 0.1) is 0 Å². The van der Waals surface area contributed by atoms with Crippen molar-refractivity contribution in [2.45, 2.75) is 24.0 Å². The highest BCUT2D eigenvalue weighted by Crippen LogP contribution is 2.20. The van der Waals surface area contributed by atoms with Gasteiger partial charge in [0.1, 0.15) is 0 Å². The van der Waals surface area contributed by atoms with Crippen LogP contribution in [0.2, 0.25) is 0 Å². The molecule has 0 aliphatic heterocycles. The third kappa shape index (κ3) is 6.26. The van der Waals surface area contributed by atoms with E-state index in [9.17, 15) is 5.11 Å². The van der Waals surface area contributed by atoms with Gasteiger partial charge in [-0.2, -0.15) is 0 Å². The average molecular weight is 271 g/mol. The molecule has 0 aliphatic carbocycles. The van der Waals surface area contributed by atoms with E-state index in [0.29, 0.717) is 19.0 Å². The number of hydrogen-bond donors (Lipinski definition) is 2. The molecule has 2 atom stereocenters. The molecule has 0 radical (unpaired) electrons. The Morgan fingerprint density at radius 1 is 1.39 bits per heavy atom. The van der Waals surface area contributed by atoms with Crippen LogP contribution in [0.3, 0.4) is 0 Å². The Morgan fingerprint density at radius 2 is 2.17 bits per heavy atom. The van der Waals surface area contributed by atoms with Crippen molar-refractivity contribution in [2.75, 3.05) is 31.8 Å². The van der Waals surface area contributed by atoms with Crippen LogP contribution in [0.1, 0.15) is 6.92 Å². The van der Waals surface area contributed by atoms with Crippen LogP contribution in [0.4, 0.5) is 5.69 Å². The summed E-state index contributed by atoms with van der Waals surface area (Å²) in [6, 6.07) is 7.62. The number of thioether (sulfide) groups is 1. The van der Waals surface area contributed by atoms with Crippen molar-refractivity contribution >= 4 is 17.4 Å². The highest BCUT2D eigenvalue weighted by atomic mass is 32.2. The first kappa shape index (κ1) is 15.3. The number of rotatable bonds is 8. The van der Waals surface area contributed by atoms with Crippen LogP contribution in [0.5, 0.6) is 0 Å². The van der Waals surface area contributed by atoms with E-state index < -0.39 is 6.10 Å². The Morgan fingerprint density at radius 3 is 2.83 bits per heavy atom. The van der Waals surface area contributed by atoms with Gasteiger partial charge in [-0.1, -0.05) is 6.07 Å². The molecule has 0 spiro atoms. The third-order valence-electron chi connectivity index (χ3n) is 2.27. The Hall–Kier alpha value is -0.750. The minimum Gasteiger partial charge on any atom is -0.399 e. The fraction of sp³-hybridized carbons (Fsp3) is 0.538. The number of nitrogens with two attached hydrogens (primary N) is 1. The quantitative estimate of drug-likeness (QED) is 0.557. The standard InChI is InChI=1S/C13H21NO3S/c1-10(7-16-2)17-8-12(15)9-18-13-5-3-4-11(14)6-13/h3-6,10,12,15H,7-9,14H2,1-2H3. The monoisotopic (exact) mass is 271 g/mol. The third-order valence-corrected chi connectivity index (χ3v) is 3.41. The molecule has 0 bridgehead atoms. The zero-order chi connectivity index (χ0) is 13.4. The van der Waals surface area contributed by atoms with Crippen LogP contribution < -0.4 is 5.73 Å². The van der Waals surface area contributed by atoms with Gasteiger partial charge in [0, 0.05) is 23.4 Å². The predicted octanol–water partition coefficient (Wildman–Crippen LogP) is 1.77. The molecule has 1 aromatic rings. The maximum Gasteiger partial charge on any atom is 0.0867 e. The van der Waals surface area contributed by atoms with Gasteiger partial charge in [0.05, 0.1) is 25.4 Å². The van der Waals surface area contributed by atoms with Crippen LogP contribution in [-0.2, 0) is 9.47 Å². The first-order valence-electron chi connectivity index (χ1n) is 5.88. The van der Waals surface area contributed by atoms with E-state index in [4.69, 9.17) is 15.2 Å². The van der Waals surface area contributed by atoms with E-state index >= 15 is 0 Å². The molecule has 1 rings (SSSR count). The topological polar surface area (TPSA) is 64.7 Å². The fourth-order valence-electron chi connectivity index (χ4n) is 1.40. The number of ether oxygens (including phenoxy) is 2. The summed E-state index contributed by atoms with van der Waals surface area (Å²) in [6.45, 7) is 2.77. The molecule has 1 aromatic carbocycles. The van der Waals surface area contributed by atoms with Crippen molar-refractivity contribution in [1.82, 2.24) is 0 Å². The largest absolute Gasteiger partial charge is 0.399 e. The molecule has 0 aliphatic rings. The van der Waals surface area contributed by atoms with Crippen molar-refractivity contribution in [3.63, 3.8) is 0 Å². The van der Waals surface area contributed by atoms with E-state index in [0.717, 1.165) is 10.6 Å². The molecule has 18 heavy (non-hydrogen) atoms. The predicted molar refractivity (Wildman–Crippen MR) is 74.9 cm³/mol. The number of methoxy groups -OCH3 is 1. The first-order valence-corrected chi connectivity index (χ1v) is 6.87. The lowest BCUT2D eigenvalue weighted by atomic mass is 10.3. The number of aliphatic hydroxyl groups excluding tert-OH is 1. The Balaban J connectivity index is 2.22. The molecule has 3 N–H and O–H groups in total. The van der Waals surface area contributed by atoms with Crippen LogP contribution >= 0.6 is 11.8 Å². The van der Waals surface area contributed by atoms with E-state index in [1.807, 2.05) is 31.2 Å². The van der Waals surface area contributed by atoms with Crippen LogP contribution in [0.15, 0.2) is 29.2 Å². The minimum atomic E-state index is -0.490. The summed E-state index contributed by atoms with van der Waals surface area (Å²) in [5, 5.41) is 9.78. The number of benzene rings is 1. The summed E-state index contributed by atoms with van der Waals surface area (Å²) in [5.74, 6) is 0.586. The molecular formula is C13H21NO3S. The normalized spacial score (nSPS) is 14.4. The lowest BCUT2D eigenvalue weighted by Crippen LogP contribution is -2.24. The van der Waals surface area contributed by atoms with Gasteiger partial charge in [-0.25, -0.2) is 0 Å². The van der Waals surface area contributed by atoms with Crippen molar-refractivity contribution in [3.8, 4) is 0 Å². The average Bonchev–Trinajstić information content (AvgIpc) is 2.34. The SMILES string of the molecule is COCC(C)OCC(O)CSc1cccc(N)c1. The van der Waals surface area contributed by atoms with E-state index in [1.165, 1.54) is 0 Å². The second kappa shape index (κ2) is 8.37. The minimum absolute atomic E-state index is 0.00187. The van der Waals surface area contributed by atoms with E-state index in [2.05, 4.69) is 0 Å². The van der Waals surface area contributed by atoms with Gasteiger partial charge in [-0.15, -0.1) is 11.8 Å². The van der Waals surface area contributed by atoms with Gasteiger partial charge >= 0.3 is 0 Å². The molecule has 102 valence electrons. The molecule has 0 aromatic heterocycles. The Kier molecular flexibility index (Phi) is 7.12.